The van der Waals surface area contributed by atoms with Gasteiger partial charge in [-0.05, 0) is 31.0 Å². The second-order valence-corrected chi connectivity index (χ2v) is 2.75. The Morgan fingerprint density at radius 2 is 2.09 bits per heavy atom. The summed E-state index contributed by atoms with van der Waals surface area (Å²) in [4.78, 5) is 0. The van der Waals surface area contributed by atoms with Gasteiger partial charge in [0, 0.05) is 5.39 Å². The smallest absolute Gasteiger partial charge is 0.169 e. The molecule has 0 amide bonds. The third kappa shape index (κ3) is 0.827. The highest BCUT2D eigenvalue weighted by Crippen LogP contribution is 2.20. The first-order valence-electron chi connectivity index (χ1n) is 3.59. The van der Waals surface area contributed by atoms with Crippen molar-refractivity contribution in [1.29, 1.82) is 0 Å². The summed E-state index contributed by atoms with van der Waals surface area (Å²) in [5.74, 6) is 0. The van der Waals surface area contributed by atoms with Crippen molar-refractivity contribution in [3.05, 3.63) is 29.5 Å². The molecule has 0 unspecified atom stereocenters. The van der Waals surface area contributed by atoms with E-state index in [1.165, 1.54) is 11.1 Å². The van der Waals surface area contributed by atoms with Crippen LogP contribution < -0.4 is 0 Å². The zero-order valence-corrected chi connectivity index (χ0v) is 6.59. The fourth-order valence-corrected chi connectivity index (χ4v) is 1.17. The van der Waals surface area contributed by atoms with E-state index in [9.17, 15) is 0 Å². The molecule has 2 rings (SSSR count). The van der Waals surface area contributed by atoms with E-state index in [2.05, 4.69) is 18.1 Å². The van der Waals surface area contributed by atoms with Crippen LogP contribution in [0.5, 0.6) is 0 Å². The van der Waals surface area contributed by atoms with Crippen molar-refractivity contribution in [2.75, 3.05) is 0 Å². The van der Waals surface area contributed by atoms with Crippen molar-refractivity contribution < 1.29 is 4.52 Å². The number of fused-ring (bicyclic) bond motifs is 1. The molecule has 0 aliphatic carbocycles. The molecule has 1 heterocycles. The Labute approximate surface area is 64.8 Å². The Morgan fingerprint density at radius 3 is 2.91 bits per heavy atom. The molecule has 2 heteroatoms. The molecule has 0 N–H and O–H groups in total. The van der Waals surface area contributed by atoms with E-state index in [1.54, 1.807) is 6.20 Å². The SMILES string of the molecule is Cc1ccc2cnoc2c1C. The number of hydrogen-bond acceptors (Lipinski definition) is 2. The van der Waals surface area contributed by atoms with Crippen molar-refractivity contribution in [3.8, 4) is 0 Å². The summed E-state index contributed by atoms with van der Waals surface area (Å²) >= 11 is 0. The van der Waals surface area contributed by atoms with Gasteiger partial charge in [-0.2, -0.15) is 0 Å². The van der Waals surface area contributed by atoms with E-state index in [0.717, 1.165) is 11.0 Å². The van der Waals surface area contributed by atoms with E-state index in [4.69, 9.17) is 4.52 Å². The average Bonchev–Trinajstić information content (AvgIpc) is 2.45. The number of aryl methyl sites for hydroxylation is 2. The summed E-state index contributed by atoms with van der Waals surface area (Å²) in [6, 6.07) is 4.10. The van der Waals surface area contributed by atoms with Crippen molar-refractivity contribution in [2.24, 2.45) is 0 Å². The normalized spacial score (nSPS) is 10.7. The Morgan fingerprint density at radius 1 is 1.27 bits per heavy atom. The molecule has 0 bridgehead atoms. The molecule has 56 valence electrons. The predicted octanol–water partition coefficient (Wildman–Crippen LogP) is 2.44. The fourth-order valence-electron chi connectivity index (χ4n) is 1.17. The molecule has 0 saturated carbocycles. The van der Waals surface area contributed by atoms with Crippen LogP contribution in [0.2, 0.25) is 0 Å². The number of benzene rings is 1. The zero-order valence-electron chi connectivity index (χ0n) is 6.59. The standard InChI is InChI=1S/C9H9NO/c1-6-3-4-8-5-10-11-9(8)7(6)2/h3-5H,1-2H3. The molecule has 0 aliphatic heterocycles. The zero-order chi connectivity index (χ0) is 7.84. The number of nitrogens with zero attached hydrogens (tertiary/aromatic N) is 1. The first kappa shape index (κ1) is 6.40. The molecule has 2 aromatic rings. The summed E-state index contributed by atoms with van der Waals surface area (Å²) in [6.45, 7) is 4.11. The second-order valence-electron chi connectivity index (χ2n) is 2.75. The molecule has 0 aliphatic rings. The van der Waals surface area contributed by atoms with E-state index >= 15 is 0 Å². The molecule has 1 aromatic carbocycles. The third-order valence-electron chi connectivity index (χ3n) is 2.04. The van der Waals surface area contributed by atoms with Gasteiger partial charge in [0.1, 0.15) is 0 Å². The van der Waals surface area contributed by atoms with E-state index in [1.807, 2.05) is 13.0 Å². The van der Waals surface area contributed by atoms with Gasteiger partial charge in [0.2, 0.25) is 0 Å². The van der Waals surface area contributed by atoms with Gasteiger partial charge >= 0.3 is 0 Å². The van der Waals surface area contributed by atoms with Gasteiger partial charge in [-0.1, -0.05) is 11.2 Å². The Kier molecular flexibility index (Phi) is 1.22. The van der Waals surface area contributed by atoms with Gasteiger partial charge in [0.25, 0.3) is 0 Å². The fraction of sp³-hybridized carbons (Fsp3) is 0.222. The number of hydrogen-bond donors (Lipinski definition) is 0. The molecule has 2 nitrogen and oxygen atoms in total. The van der Waals surface area contributed by atoms with Crippen molar-refractivity contribution in [2.45, 2.75) is 13.8 Å². The lowest BCUT2D eigenvalue weighted by Crippen LogP contribution is -1.78. The van der Waals surface area contributed by atoms with Crippen LogP contribution in [0.4, 0.5) is 0 Å². The van der Waals surface area contributed by atoms with Gasteiger partial charge < -0.3 is 4.52 Å². The molecule has 1 aromatic heterocycles. The summed E-state index contributed by atoms with van der Waals surface area (Å²) in [7, 11) is 0. The summed E-state index contributed by atoms with van der Waals surface area (Å²) in [6.07, 6.45) is 1.74. The van der Waals surface area contributed by atoms with Crippen LogP contribution in [0.3, 0.4) is 0 Å². The van der Waals surface area contributed by atoms with E-state index in [0.29, 0.717) is 0 Å². The summed E-state index contributed by atoms with van der Waals surface area (Å²) in [5, 5.41) is 4.81. The molecule has 0 atom stereocenters. The quantitative estimate of drug-likeness (QED) is 0.572. The van der Waals surface area contributed by atoms with Crippen LogP contribution in [-0.4, -0.2) is 5.16 Å². The maximum atomic E-state index is 5.08. The van der Waals surface area contributed by atoms with Gasteiger partial charge in [0.05, 0.1) is 6.20 Å². The van der Waals surface area contributed by atoms with Crippen molar-refractivity contribution >= 4 is 11.0 Å². The molecule has 0 spiro atoms. The lowest BCUT2D eigenvalue weighted by atomic mass is 10.1. The number of aromatic nitrogens is 1. The van der Waals surface area contributed by atoms with E-state index in [-0.39, 0.29) is 0 Å². The van der Waals surface area contributed by atoms with Crippen LogP contribution in [0.15, 0.2) is 22.9 Å². The highest BCUT2D eigenvalue weighted by molar-refractivity contribution is 5.80. The maximum absolute atomic E-state index is 5.08. The third-order valence-corrected chi connectivity index (χ3v) is 2.04. The lowest BCUT2D eigenvalue weighted by molar-refractivity contribution is 0.455. The van der Waals surface area contributed by atoms with Crippen LogP contribution in [0, 0.1) is 13.8 Å². The lowest BCUT2D eigenvalue weighted by Gasteiger charge is -1.96. The minimum atomic E-state index is 0.907. The molecule has 0 radical (unpaired) electrons. The highest BCUT2D eigenvalue weighted by Gasteiger charge is 2.02. The van der Waals surface area contributed by atoms with E-state index < -0.39 is 0 Å². The minimum Gasteiger partial charge on any atom is -0.356 e. The molecular formula is C9H9NO. The summed E-state index contributed by atoms with van der Waals surface area (Å²) < 4.78 is 5.08. The number of rotatable bonds is 0. The van der Waals surface area contributed by atoms with Crippen LogP contribution in [-0.2, 0) is 0 Å². The first-order valence-corrected chi connectivity index (χ1v) is 3.59. The van der Waals surface area contributed by atoms with Crippen LogP contribution in [0.25, 0.3) is 11.0 Å². The summed E-state index contributed by atoms with van der Waals surface area (Å²) in [5.41, 5.74) is 3.33. The van der Waals surface area contributed by atoms with Crippen LogP contribution >= 0.6 is 0 Å². The molecule has 11 heavy (non-hydrogen) atoms. The largest absolute Gasteiger partial charge is 0.356 e. The highest BCUT2D eigenvalue weighted by atomic mass is 16.5. The molecule has 0 fully saturated rings. The van der Waals surface area contributed by atoms with Crippen LogP contribution in [0.1, 0.15) is 11.1 Å². The molecular weight excluding hydrogens is 138 g/mol. The maximum Gasteiger partial charge on any atom is 0.169 e. The van der Waals surface area contributed by atoms with Gasteiger partial charge in [-0.3, -0.25) is 0 Å². The Balaban J connectivity index is 2.93. The molecule has 0 saturated heterocycles. The van der Waals surface area contributed by atoms with Gasteiger partial charge in [-0.15, -0.1) is 0 Å². The first-order chi connectivity index (χ1) is 5.29. The predicted molar refractivity (Wildman–Crippen MR) is 43.5 cm³/mol. The van der Waals surface area contributed by atoms with Crippen molar-refractivity contribution in [3.63, 3.8) is 0 Å². The minimum absolute atomic E-state index is 0.907. The average molecular weight is 147 g/mol. The monoisotopic (exact) mass is 147 g/mol. The van der Waals surface area contributed by atoms with Gasteiger partial charge in [-0.25, -0.2) is 0 Å². The topological polar surface area (TPSA) is 26.0 Å². The van der Waals surface area contributed by atoms with Gasteiger partial charge in [0.15, 0.2) is 5.58 Å². The Hall–Kier alpha value is -1.31. The second kappa shape index (κ2) is 2.09. The van der Waals surface area contributed by atoms with Crippen molar-refractivity contribution in [1.82, 2.24) is 5.16 Å². The Bertz CT molecular complexity index is 389.